The van der Waals surface area contributed by atoms with Crippen LogP contribution in [0.15, 0.2) is 18.3 Å². The van der Waals surface area contributed by atoms with E-state index in [1.807, 2.05) is 0 Å². The molecular weight excluding hydrogens is 155 g/mol. The summed E-state index contributed by atoms with van der Waals surface area (Å²) in [4.78, 5) is 3.43. The van der Waals surface area contributed by atoms with E-state index in [1.54, 1.807) is 13.0 Å². The fourth-order valence-electron chi connectivity index (χ4n) is 0.747. The minimum Gasteiger partial charge on any atom is -0.374 e. The average Bonchev–Trinajstić information content (AvgIpc) is 2.05. The van der Waals surface area contributed by atoms with Crippen LogP contribution in [-0.4, -0.2) is 11.5 Å². The molecule has 0 saturated carbocycles. The van der Waals surface area contributed by atoms with E-state index in [0.29, 0.717) is 12.2 Å². The molecule has 62 valence electrons. The minimum atomic E-state index is -0.482. The standard InChI is InChI=1S/C9H9FN2/c1-2-3-5-11-8-4-6-12-9(10)7-8/h4,6-7H,5H2,1H3,(H,11,12). The molecule has 0 saturated heterocycles. The number of anilines is 1. The van der Waals surface area contributed by atoms with Gasteiger partial charge in [0.25, 0.3) is 0 Å². The molecule has 1 aromatic rings. The van der Waals surface area contributed by atoms with Crippen LogP contribution in [0.2, 0.25) is 0 Å². The van der Waals surface area contributed by atoms with Gasteiger partial charge in [0, 0.05) is 18.0 Å². The van der Waals surface area contributed by atoms with Crippen LogP contribution >= 0.6 is 0 Å². The Morgan fingerprint density at radius 2 is 2.50 bits per heavy atom. The first-order chi connectivity index (χ1) is 5.83. The van der Waals surface area contributed by atoms with Gasteiger partial charge in [-0.15, -0.1) is 5.92 Å². The molecular formula is C9H9FN2. The molecule has 0 amide bonds. The highest BCUT2D eigenvalue weighted by atomic mass is 19.1. The zero-order chi connectivity index (χ0) is 8.81. The second-order valence-corrected chi connectivity index (χ2v) is 2.15. The highest BCUT2D eigenvalue weighted by Gasteiger charge is 1.92. The Bertz CT molecular complexity index is 312. The van der Waals surface area contributed by atoms with E-state index in [-0.39, 0.29) is 0 Å². The number of pyridine rings is 1. The van der Waals surface area contributed by atoms with Crippen LogP contribution in [0.1, 0.15) is 6.92 Å². The van der Waals surface area contributed by atoms with Gasteiger partial charge in [-0.25, -0.2) is 4.98 Å². The van der Waals surface area contributed by atoms with Crippen molar-refractivity contribution in [2.24, 2.45) is 0 Å². The van der Waals surface area contributed by atoms with E-state index in [0.717, 1.165) is 0 Å². The summed E-state index contributed by atoms with van der Waals surface area (Å²) in [6, 6.07) is 3.03. The molecule has 1 rings (SSSR count). The fraction of sp³-hybridized carbons (Fsp3) is 0.222. The lowest BCUT2D eigenvalue weighted by molar-refractivity contribution is 0.584. The van der Waals surface area contributed by atoms with Gasteiger partial charge in [-0.05, 0) is 13.0 Å². The number of hydrogen-bond acceptors (Lipinski definition) is 2. The molecule has 1 N–H and O–H groups in total. The van der Waals surface area contributed by atoms with Crippen molar-refractivity contribution in [3.8, 4) is 11.8 Å². The fourth-order valence-corrected chi connectivity index (χ4v) is 0.747. The highest BCUT2D eigenvalue weighted by molar-refractivity contribution is 5.42. The molecule has 3 heteroatoms. The van der Waals surface area contributed by atoms with Crippen molar-refractivity contribution in [2.45, 2.75) is 6.92 Å². The third-order valence-corrected chi connectivity index (χ3v) is 1.28. The molecule has 0 aliphatic heterocycles. The van der Waals surface area contributed by atoms with Gasteiger partial charge in [-0.2, -0.15) is 4.39 Å². The largest absolute Gasteiger partial charge is 0.374 e. The van der Waals surface area contributed by atoms with Gasteiger partial charge in [-0.1, -0.05) is 5.92 Å². The van der Waals surface area contributed by atoms with Gasteiger partial charge in [0.05, 0.1) is 6.54 Å². The highest BCUT2D eigenvalue weighted by Crippen LogP contribution is 2.05. The van der Waals surface area contributed by atoms with Gasteiger partial charge in [0.15, 0.2) is 0 Å². The smallest absolute Gasteiger partial charge is 0.214 e. The third kappa shape index (κ3) is 2.59. The maximum Gasteiger partial charge on any atom is 0.214 e. The molecule has 0 spiro atoms. The predicted octanol–water partition coefficient (Wildman–Crippen LogP) is 1.66. The number of nitrogens with one attached hydrogen (secondary N) is 1. The summed E-state index contributed by atoms with van der Waals surface area (Å²) >= 11 is 0. The molecule has 0 atom stereocenters. The zero-order valence-corrected chi connectivity index (χ0v) is 6.76. The summed E-state index contributed by atoms with van der Waals surface area (Å²) in [5.74, 6) is 5.06. The van der Waals surface area contributed by atoms with Crippen LogP contribution in [0.3, 0.4) is 0 Å². The topological polar surface area (TPSA) is 24.9 Å². The van der Waals surface area contributed by atoms with Crippen molar-refractivity contribution in [1.82, 2.24) is 4.98 Å². The lowest BCUT2D eigenvalue weighted by Gasteiger charge is -1.99. The van der Waals surface area contributed by atoms with Crippen molar-refractivity contribution < 1.29 is 4.39 Å². The molecule has 0 radical (unpaired) electrons. The molecule has 0 bridgehead atoms. The summed E-state index contributed by atoms with van der Waals surface area (Å²) in [5, 5.41) is 2.93. The predicted molar refractivity (Wildman–Crippen MR) is 46.1 cm³/mol. The Hall–Kier alpha value is -1.56. The van der Waals surface area contributed by atoms with Crippen LogP contribution in [0.4, 0.5) is 10.1 Å². The summed E-state index contributed by atoms with van der Waals surface area (Å²) in [5.41, 5.74) is 0.699. The minimum absolute atomic E-state index is 0.482. The lowest BCUT2D eigenvalue weighted by atomic mass is 10.4. The average molecular weight is 164 g/mol. The quantitative estimate of drug-likeness (QED) is 0.531. The first kappa shape index (κ1) is 8.54. The van der Waals surface area contributed by atoms with E-state index in [1.165, 1.54) is 12.3 Å². The van der Waals surface area contributed by atoms with Crippen LogP contribution in [0.25, 0.3) is 0 Å². The Balaban J connectivity index is 2.55. The van der Waals surface area contributed by atoms with E-state index in [4.69, 9.17) is 0 Å². The van der Waals surface area contributed by atoms with E-state index >= 15 is 0 Å². The van der Waals surface area contributed by atoms with Gasteiger partial charge < -0.3 is 5.32 Å². The molecule has 0 unspecified atom stereocenters. The van der Waals surface area contributed by atoms with E-state index in [9.17, 15) is 4.39 Å². The van der Waals surface area contributed by atoms with Crippen molar-refractivity contribution in [2.75, 3.05) is 11.9 Å². The van der Waals surface area contributed by atoms with Crippen molar-refractivity contribution in [1.29, 1.82) is 0 Å². The molecule has 1 aromatic heterocycles. The number of aromatic nitrogens is 1. The first-order valence-corrected chi connectivity index (χ1v) is 3.58. The van der Waals surface area contributed by atoms with Crippen molar-refractivity contribution >= 4 is 5.69 Å². The maximum absolute atomic E-state index is 12.5. The maximum atomic E-state index is 12.5. The lowest BCUT2D eigenvalue weighted by Crippen LogP contribution is -1.99. The van der Waals surface area contributed by atoms with Crippen molar-refractivity contribution in [3.63, 3.8) is 0 Å². The first-order valence-electron chi connectivity index (χ1n) is 3.58. The molecule has 1 heterocycles. The summed E-state index contributed by atoms with van der Waals surface area (Å²) < 4.78 is 12.5. The van der Waals surface area contributed by atoms with Crippen LogP contribution < -0.4 is 5.32 Å². The Labute approximate surface area is 70.8 Å². The number of rotatable bonds is 2. The molecule has 2 nitrogen and oxygen atoms in total. The Kier molecular flexibility index (Phi) is 3.09. The molecule has 0 fully saturated rings. The molecule has 0 aliphatic carbocycles. The second-order valence-electron chi connectivity index (χ2n) is 2.15. The second kappa shape index (κ2) is 4.35. The summed E-state index contributed by atoms with van der Waals surface area (Å²) in [6.07, 6.45) is 1.41. The number of halogens is 1. The van der Waals surface area contributed by atoms with Crippen molar-refractivity contribution in [3.05, 3.63) is 24.3 Å². The van der Waals surface area contributed by atoms with Gasteiger partial charge in [-0.3, -0.25) is 0 Å². The summed E-state index contributed by atoms with van der Waals surface area (Å²) in [6.45, 7) is 2.29. The third-order valence-electron chi connectivity index (χ3n) is 1.28. The SMILES string of the molecule is CC#CCNc1ccnc(F)c1. The molecule has 0 aliphatic rings. The monoisotopic (exact) mass is 164 g/mol. The number of nitrogens with zero attached hydrogens (tertiary/aromatic N) is 1. The Morgan fingerprint density at radius 1 is 1.67 bits per heavy atom. The van der Waals surface area contributed by atoms with Gasteiger partial charge in [0.2, 0.25) is 5.95 Å². The van der Waals surface area contributed by atoms with Gasteiger partial charge in [0.1, 0.15) is 0 Å². The number of hydrogen-bond donors (Lipinski definition) is 1. The van der Waals surface area contributed by atoms with Crippen LogP contribution in [0.5, 0.6) is 0 Å². The molecule has 0 aromatic carbocycles. The Morgan fingerprint density at radius 3 is 3.17 bits per heavy atom. The molecule has 12 heavy (non-hydrogen) atoms. The normalized spacial score (nSPS) is 8.50. The zero-order valence-electron chi connectivity index (χ0n) is 6.76. The van der Waals surface area contributed by atoms with E-state index in [2.05, 4.69) is 22.1 Å². The van der Waals surface area contributed by atoms with Gasteiger partial charge >= 0.3 is 0 Å². The van der Waals surface area contributed by atoms with E-state index < -0.39 is 5.95 Å². The van der Waals surface area contributed by atoms with Crippen LogP contribution in [-0.2, 0) is 0 Å². The summed E-state index contributed by atoms with van der Waals surface area (Å²) in [7, 11) is 0. The van der Waals surface area contributed by atoms with Crippen LogP contribution in [0, 0.1) is 17.8 Å².